The van der Waals surface area contributed by atoms with Gasteiger partial charge >= 0.3 is 6.18 Å². The Bertz CT molecular complexity index is 604. The summed E-state index contributed by atoms with van der Waals surface area (Å²) >= 11 is 5.85. The van der Waals surface area contributed by atoms with Crippen molar-refractivity contribution in [3.05, 3.63) is 28.8 Å². The molecule has 0 aliphatic rings. The van der Waals surface area contributed by atoms with E-state index in [1.54, 1.807) is 13.8 Å². The topological polar surface area (TPSA) is 55.6 Å². The summed E-state index contributed by atoms with van der Waals surface area (Å²) in [6, 6.07) is 1.38. The van der Waals surface area contributed by atoms with Crippen molar-refractivity contribution in [1.29, 1.82) is 0 Å². The normalized spacial score (nSPS) is 11.7. The van der Waals surface area contributed by atoms with Crippen LogP contribution in [0.1, 0.15) is 18.4 Å². The van der Waals surface area contributed by atoms with Crippen molar-refractivity contribution >= 4 is 17.4 Å². The molecule has 2 aromatic heterocycles. The molecule has 0 fully saturated rings. The molecule has 1 N–H and O–H groups in total. The Balaban J connectivity index is 2.54. The first-order chi connectivity index (χ1) is 9.31. The minimum atomic E-state index is -4.63. The Morgan fingerprint density at radius 3 is 2.55 bits per heavy atom. The van der Waals surface area contributed by atoms with Crippen LogP contribution in [0.5, 0.6) is 0 Å². The number of rotatable bonds is 3. The molecule has 20 heavy (non-hydrogen) atoms. The second-order valence-corrected chi connectivity index (χ2v) is 4.38. The van der Waals surface area contributed by atoms with Crippen LogP contribution in [-0.2, 0) is 6.18 Å². The largest absolute Gasteiger partial charge is 0.451 e. The Hall–Kier alpha value is -1.83. The SMILES string of the molecule is CCNc1cc(-n2cc(Cl)c(C)n2)nc(C(F)(F)F)n1. The fourth-order valence-electron chi connectivity index (χ4n) is 1.51. The predicted molar refractivity (Wildman–Crippen MR) is 68.1 cm³/mol. The molecule has 2 heterocycles. The first kappa shape index (κ1) is 14.6. The van der Waals surface area contributed by atoms with Crippen LogP contribution in [0.4, 0.5) is 19.0 Å². The molecule has 0 amide bonds. The minimum absolute atomic E-state index is 0.00160. The summed E-state index contributed by atoms with van der Waals surface area (Å²) in [6.45, 7) is 3.84. The maximum atomic E-state index is 12.8. The lowest BCUT2D eigenvalue weighted by Gasteiger charge is -2.10. The Morgan fingerprint density at radius 1 is 1.35 bits per heavy atom. The van der Waals surface area contributed by atoms with Crippen LogP contribution >= 0.6 is 11.6 Å². The van der Waals surface area contributed by atoms with Gasteiger partial charge in [0.25, 0.3) is 0 Å². The average molecular weight is 306 g/mol. The molecule has 9 heteroatoms. The molecule has 0 spiro atoms. The van der Waals surface area contributed by atoms with Gasteiger partial charge < -0.3 is 5.32 Å². The summed E-state index contributed by atoms with van der Waals surface area (Å²) in [5.74, 6) is -1.15. The monoisotopic (exact) mass is 305 g/mol. The van der Waals surface area contributed by atoms with Gasteiger partial charge in [0.15, 0.2) is 5.82 Å². The number of aromatic nitrogens is 4. The molecule has 0 aliphatic carbocycles. The zero-order valence-electron chi connectivity index (χ0n) is 10.7. The number of halogens is 4. The third kappa shape index (κ3) is 3.01. The summed E-state index contributed by atoms with van der Waals surface area (Å²) in [6.07, 6.45) is -3.23. The van der Waals surface area contributed by atoms with E-state index in [2.05, 4.69) is 20.4 Å². The van der Waals surface area contributed by atoms with Crippen LogP contribution in [0, 0.1) is 6.92 Å². The van der Waals surface area contributed by atoms with E-state index in [0.717, 1.165) is 0 Å². The number of nitrogens with one attached hydrogen (secondary N) is 1. The lowest BCUT2D eigenvalue weighted by Crippen LogP contribution is -2.15. The number of anilines is 1. The first-order valence-corrected chi connectivity index (χ1v) is 6.11. The second kappa shape index (κ2) is 5.28. The van der Waals surface area contributed by atoms with E-state index in [1.807, 2.05) is 0 Å². The average Bonchev–Trinajstić information content (AvgIpc) is 2.69. The van der Waals surface area contributed by atoms with E-state index in [-0.39, 0.29) is 11.6 Å². The zero-order chi connectivity index (χ0) is 14.9. The Labute approximate surface area is 117 Å². The van der Waals surface area contributed by atoms with Gasteiger partial charge in [-0.25, -0.2) is 14.6 Å². The molecule has 2 rings (SSSR count). The molecule has 0 saturated carbocycles. The number of nitrogens with zero attached hydrogens (tertiary/aromatic N) is 4. The number of alkyl halides is 3. The first-order valence-electron chi connectivity index (χ1n) is 5.73. The van der Waals surface area contributed by atoms with Crippen molar-refractivity contribution in [1.82, 2.24) is 19.7 Å². The summed E-state index contributed by atoms with van der Waals surface area (Å²) in [7, 11) is 0. The highest BCUT2D eigenvalue weighted by Crippen LogP contribution is 2.28. The maximum absolute atomic E-state index is 12.8. The third-order valence-corrected chi connectivity index (χ3v) is 2.77. The summed E-state index contributed by atoms with van der Waals surface area (Å²) in [5.41, 5.74) is 0.504. The van der Waals surface area contributed by atoms with Gasteiger partial charge in [0.2, 0.25) is 5.82 Å². The summed E-state index contributed by atoms with van der Waals surface area (Å²) < 4.78 is 39.5. The molecule has 0 aromatic carbocycles. The molecule has 0 aliphatic heterocycles. The fraction of sp³-hybridized carbons (Fsp3) is 0.364. The highest BCUT2D eigenvalue weighted by Gasteiger charge is 2.35. The minimum Gasteiger partial charge on any atom is -0.370 e. The summed E-state index contributed by atoms with van der Waals surface area (Å²) in [4.78, 5) is 6.91. The van der Waals surface area contributed by atoms with Crippen LogP contribution in [-0.4, -0.2) is 26.3 Å². The molecular formula is C11H11ClF3N5. The van der Waals surface area contributed by atoms with Crippen molar-refractivity contribution in [3.63, 3.8) is 0 Å². The number of aryl methyl sites for hydroxylation is 1. The van der Waals surface area contributed by atoms with E-state index in [9.17, 15) is 13.2 Å². The van der Waals surface area contributed by atoms with E-state index in [4.69, 9.17) is 11.6 Å². The van der Waals surface area contributed by atoms with Gasteiger partial charge in [-0.2, -0.15) is 18.3 Å². The van der Waals surface area contributed by atoms with Crippen LogP contribution in [0.3, 0.4) is 0 Å². The number of hydrogen-bond donors (Lipinski definition) is 1. The van der Waals surface area contributed by atoms with Gasteiger partial charge in [-0.05, 0) is 13.8 Å². The predicted octanol–water partition coefficient (Wildman–Crippen LogP) is 3.07. The fourth-order valence-corrected chi connectivity index (χ4v) is 1.64. The molecule has 108 valence electrons. The Morgan fingerprint density at radius 2 is 2.05 bits per heavy atom. The lowest BCUT2D eigenvalue weighted by molar-refractivity contribution is -0.144. The highest BCUT2D eigenvalue weighted by atomic mass is 35.5. The smallest absolute Gasteiger partial charge is 0.370 e. The van der Waals surface area contributed by atoms with Gasteiger partial charge in [-0.3, -0.25) is 0 Å². The van der Waals surface area contributed by atoms with E-state index < -0.39 is 12.0 Å². The van der Waals surface area contributed by atoms with Gasteiger partial charge in [-0.15, -0.1) is 0 Å². The van der Waals surface area contributed by atoms with Crippen molar-refractivity contribution < 1.29 is 13.2 Å². The van der Waals surface area contributed by atoms with E-state index >= 15 is 0 Å². The van der Waals surface area contributed by atoms with Gasteiger partial charge in [0.05, 0.1) is 16.9 Å². The third-order valence-electron chi connectivity index (χ3n) is 2.40. The van der Waals surface area contributed by atoms with Crippen molar-refractivity contribution in [2.45, 2.75) is 20.0 Å². The van der Waals surface area contributed by atoms with Crippen LogP contribution < -0.4 is 5.32 Å². The van der Waals surface area contributed by atoms with Gasteiger partial charge in [-0.1, -0.05) is 11.6 Å². The maximum Gasteiger partial charge on any atom is 0.451 e. The molecule has 0 radical (unpaired) electrons. The molecule has 0 bridgehead atoms. The number of hydrogen-bond acceptors (Lipinski definition) is 4. The van der Waals surface area contributed by atoms with Crippen LogP contribution in [0.15, 0.2) is 12.3 Å². The standard InChI is InChI=1S/C11H11ClF3N5/c1-3-16-8-4-9(18-10(17-8)11(13,14)15)20-5-7(12)6(2)19-20/h4-5H,3H2,1-2H3,(H,16,17,18). The second-order valence-electron chi connectivity index (χ2n) is 3.97. The molecule has 2 aromatic rings. The van der Waals surface area contributed by atoms with Crippen molar-refractivity contribution in [2.75, 3.05) is 11.9 Å². The molecule has 0 unspecified atom stereocenters. The van der Waals surface area contributed by atoms with Crippen molar-refractivity contribution in [3.8, 4) is 5.82 Å². The van der Waals surface area contributed by atoms with Crippen LogP contribution in [0.2, 0.25) is 5.02 Å². The molecule has 0 atom stereocenters. The van der Waals surface area contributed by atoms with Gasteiger partial charge in [0.1, 0.15) is 5.82 Å². The molecule has 5 nitrogen and oxygen atoms in total. The molecular weight excluding hydrogens is 295 g/mol. The molecule has 0 saturated heterocycles. The van der Waals surface area contributed by atoms with Crippen molar-refractivity contribution in [2.24, 2.45) is 0 Å². The zero-order valence-corrected chi connectivity index (χ0v) is 11.4. The van der Waals surface area contributed by atoms with E-state index in [0.29, 0.717) is 17.3 Å². The van der Waals surface area contributed by atoms with E-state index in [1.165, 1.54) is 16.9 Å². The summed E-state index contributed by atoms with van der Waals surface area (Å²) in [5, 5.41) is 7.08. The Kier molecular flexibility index (Phi) is 3.85. The van der Waals surface area contributed by atoms with Crippen LogP contribution in [0.25, 0.3) is 5.82 Å². The lowest BCUT2D eigenvalue weighted by atomic mass is 10.4. The quantitative estimate of drug-likeness (QED) is 0.947. The van der Waals surface area contributed by atoms with Gasteiger partial charge in [0, 0.05) is 12.6 Å². The highest BCUT2D eigenvalue weighted by molar-refractivity contribution is 6.31.